The van der Waals surface area contributed by atoms with E-state index in [-0.39, 0.29) is 5.91 Å². The zero-order chi connectivity index (χ0) is 21.3. The van der Waals surface area contributed by atoms with Crippen molar-refractivity contribution in [1.82, 2.24) is 10.3 Å². The molecule has 0 bridgehead atoms. The Morgan fingerprint density at radius 3 is 2.70 bits per heavy atom. The minimum absolute atomic E-state index is 0.290. The number of benzene rings is 2. The van der Waals surface area contributed by atoms with E-state index in [0.29, 0.717) is 42.3 Å². The fraction of sp³-hybridized carbons (Fsp3) is 0.0476. The molecule has 4 rings (SSSR count). The van der Waals surface area contributed by atoms with Crippen LogP contribution < -0.4 is 5.32 Å². The van der Waals surface area contributed by atoms with Gasteiger partial charge in [0.05, 0.1) is 33.1 Å². The number of methoxy groups -OCH3 is 1. The second-order valence-electron chi connectivity index (χ2n) is 6.18. The molecule has 2 heterocycles. The second kappa shape index (κ2) is 8.47. The van der Waals surface area contributed by atoms with Crippen molar-refractivity contribution in [2.24, 2.45) is 4.99 Å². The molecule has 2 aromatic carbocycles. The van der Waals surface area contributed by atoms with Crippen LogP contribution in [0.3, 0.4) is 0 Å². The number of hydrogen-bond donors (Lipinski definition) is 1. The largest absolute Gasteiger partial charge is 0.465 e. The van der Waals surface area contributed by atoms with Crippen LogP contribution in [0.25, 0.3) is 17.0 Å². The van der Waals surface area contributed by atoms with Crippen molar-refractivity contribution in [3.8, 4) is 0 Å². The first kappa shape index (κ1) is 20.4. The average Bonchev–Trinajstić information content (AvgIpc) is 3.08. The molecule has 6 nitrogen and oxygen atoms in total. The molecule has 1 aliphatic rings. The molecule has 1 fully saturated rings. The number of fused-ring (bicyclic) bond motifs is 1. The van der Waals surface area contributed by atoms with Gasteiger partial charge in [0.25, 0.3) is 5.91 Å². The first-order valence-corrected chi connectivity index (χ1v) is 10.2. The summed E-state index contributed by atoms with van der Waals surface area (Å²) >= 11 is 13.5. The van der Waals surface area contributed by atoms with Gasteiger partial charge in [-0.3, -0.25) is 9.78 Å². The molecule has 1 aliphatic heterocycles. The standard InChI is InChI=1S/C21H13Cl2N3O3S/c1-29-20(28)12-7-8-24-16-6-5-11(9-13(12)16)10-17-19(27)26-21(30-17)25-18-14(22)3-2-4-15(18)23/h2-10H,1H3,(H,25,26,27). The average molecular weight is 458 g/mol. The van der Waals surface area contributed by atoms with E-state index < -0.39 is 5.97 Å². The zero-order valence-corrected chi connectivity index (χ0v) is 17.8. The Bertz CT molecular complexity index is 1240. The number of amidine groups is 1. The third-order valence-electron chi connectivity index (χ3n) is 4.27. The number of aliphatic imine (C=N–C) groups is 1. The molecule has 30 heavy (non-hydrogen) atoms. The number of ether oxygens (including phenoxy) is 1. The maximum absolute atomic E-state index is 12.4. The van der Waals surface area contributed by atoms with Crippen molar-refractivity contribution in [3.05, 3.63) is 74.7 Å². The Kier molecular flexibility index (Phi) is 5.76. The summed E-state index contributed by atoms with van der Waals surface area (Å²) in [4.78, 5) is 33.5. The quantitative estimate of drug-likeness (QED) is 0.430. The predicted molar refractivity (Wildman–Crippen MR) is 120 cm³/mol. The molecular weight excluding hydrogens is 445 g/mol. The first-order chi connectivity index (χ1) is 14.5. The summed E-state index contributed by atoms with van der Waals surface area (Å²) in [7, 11) is 1.33. The summed E-state index contributed by atoms with van der Waals surface area (Å²) < 4.78 is 4.84. The molecule has 0 radical (unpaired) electrons. The number of hydrogen-bond acceptors (Lipinski definition) is 6. The van der Waals surface area contributed by atoms with Crippen molar-refractivity contribution in [3.63, 3.8) is 0 Å². The third-order valence-corrected chi connectivity index (χ3v) is 5.79. The van der Waals surface area contributed by atoms with E-state index in [0.717, 1.165) is 5.56 Å². The van der Waals surface area contributed by atoms with Gasteiger partial charge in [0.1, 0.15) is 5.69 Å². The topological polar surface area (TPSA) is 80.7 Å². The van der Waals surface area contributed by atoms with E-state index in [9.17, 15) is 9.59 Å². The molecule has 0 saturated carbocycles. The number of esters is 1. The monoisotopic (exact) mass is 457 g/mol. The summed E-state index contributed by atoms with van der Waals surface area (Å²) in [6, 6.07) is 12.1. The van der Waals surface area contributed by atoms with E-state index >= 15 is 0 Å². The van der Waals surface area contributed by atoms with E-state index in [4.69, 9.17) is 27.9 Å². The van der Waals surface area contributed by atoms with Crippen LogP contribution in [-0.4, -0.2) is 29.1 Å². The van der Waals surface area contributed by atoms with Gasteiger partial charge in [0.15, 0.2) is 5.17 Å². The van der Waals surface area contributed by atoms with Gasteiger partial charge in [-0.05, 0) is 53.7 Å². The number of nitrogens with one attached hydrogen (secondary N) is 1. The number of rotatable bonds is 3. The van der Waals surface area contributed by atoms with Crippen LogP contribution in [0, 0.1) is 0 Å². The number of pyridine rings is 1. The lowest BCUT2D eigenvalue weighted by molar-refractivity contribution is -0.115. The number of carbonyl (C=O) groups is 2. The van der Waals surface area contributed by atoms with Crippen LogP contribution in [0.15, 0.2) is 58.6 Å². The van der Waals surface area contributed by atoms with Crippen LogP contribution in [0.4, 0.5) is 5.69 Å². The van der Waals surface area contributed by atoms with Gasteiger partial charge in [0.2, 0.25) is 0 Å². The van der Waals surface area contributed by atoms with Crippen molar-refractivity contribution in [2.75, 3.05) is 7.11 Å². The normalized spacial score (nSPS) is 16.3. The van der Waals surface area contributed by atoms with Gasteiger partial charge < -0.3 is 10.1 Å². The molecular formula is C21H13Cl2N3O3S. The summed E-state index contributed by atoms with van der Waals surface area (Å²) in [6.07, 6.45) is 3.26. The van der Waals surface area contributed by atoms with Crippen LogP contribution in [0.1, 0.15) is 15.9 Å². The van der Waals surface area contributed by atoms with Crippen LogP contribution in [0.5, 0.6) is 0 Å². The van der Waals surface area contributed by atoms with E-state index in [2.05, 4.69) is 15.3 Å². The van der Waals surface area contributed by atoms with E-state index in [1.165, 1.54) is 18.9 Å². The Hall–Kier alpha value is -2.87. The van der Waals surface area contributed by atoms with Gasteiger partial charge in [-0.2, -0.15) is 0 Å². The highest BCUT2D eigenvalue weighted by atomic mass is 35.5. The van der Waals surface area contributed by atoms with Crippen LogP contribution in [-0.2, 0) is 9.53 Å². The molecule has 3 aromatic rings. The number of halogens is 2. The molecule has 9 heteroatoms. The number of thioether (sulfide) groups is 1. The molecule has 0 aliphatic carbocycles. The lowest BCUT2D eigenvalue weighted by atomic mass is 10.1. The predicted octanol–water partition coefficient (Wildman–Crippen LogP) is 5.22. The van der Waals surface area contributed by atoms with Crippen molar-refractivity contribution >= 4 is 74.7 Å². The smallest absolute Gasteiger partial charge is 0.338 e. The molecule has 0 atom stereocenters. The SMILES string of the molecule is COC(=O)c1ccnc2ccc(C=C3SC(=Nc4c(Cl)cccc4Cl)NC3=O)cc12. The Balaban J connectivity index is 1.68. The van der Waals surface area contributed by atoms with Gasteiger partial charge in [0, 0.05) is 11.6 Å². The molecule has 1 amide bonds. The molecule has 1 aromatic heterocycles. The Labute approximate surface area is 185 Å². The number of aromatic nitrogens is 1. The second-order valence-corrected chi connectivity index (χ2v) is 8.02. The lowest BCUT2D eigenvalue weighted by Gasteiger charge is -2.05. The Morgan fingerprint density at radius 2 is 1.97 bits per heavy atom. The van der Waals surface area contributed by atoms with Gasteiger partial charge in [-0.25, -0.2) is 9.79 Å². The minimum Gasteiger partial charge on any atom is -0.465 e. The van der Waals surface area contributed by atoms with Gasteiger partial charge in [-0.15, -0.1) is 0 Å². The highest BCUT2D eigenvalue weighted by Crippen LogP contribution is 2.35. The lowest BCUT2D eigenvalue weighted by Crippen LogP contribution is -2.19. The Morgan fingerprint density at radius 1 is 1.20 bits per heavy atom. The number of para-hydroxylation sites is 1. The zero-order valence-electron chi connectivity index (χ0n) is 15.5. The molecule has 150 valence electrons. The molecule has 1 saturated heterocycles. The van der Waals surface area contributed by atoms with E-state index in [1.807, 2.05) is 6.07 Å². The summed E-state index contributed by atoms with van der Waals surface area (Å²) in [5.41, 5.74) is 2.18. The minimum atomic E-state index is -0.453. The van der Waals surface area contributed by atoms with Gasteiger partial charge in [-0.1, -0.05) is 35.3 Å². The molecule has 0 unspecified atom stereocenters. The maximum atomic E-state index is 12.4. The van der Waals surface area contributed by atoms with Crippen molar-refractivity contribution in [2.45, 2.75) is 0 Å². The summed E-state index contributed by atoms with van der Waals surface area (Å²) in [6.45, 7) is 0. The van der Waals surface area contributed by atoms with Gasteiger partial charge >= 0.3 is 5.97 Å². The van der Waals surface area contributed by atoms with Crippen LogP contribution in [0.2, 0.25) is 10.0 Å². The number of carbonyl (C=O) groups excluding carboxylic acids is 2. The third kappa shape index (κ3) is 4.05. The van der Waals surface area contributed by atoms with Crippen molar-refractivity contribution in [1.29, 1.82) is 0 Å². The number of nitrogens with zero attached hydrogens (tertiary/aromatic N) is 2. The van der Waals surface area contributed by atoms with E-state index in [1.54, 1.807) is 48.7 Å². The molecule has 0 spiro atoms. The summed E-state index contributed by atoms with van der Waals surface area (Å²) in [5, 5.41) is 4.49. The fourth-order valence-electron chi connectivity index (χ4n) is 2.87. The van der Waals surface area contributed by atoms with Crippen LogP contribution >= 0.6 is 35.0 Å². The maximum Gasteiger partial charge on any atom is 0.338 e. The van der Waals surface area contributed by atoms with Crippen molar-refractivity contribution < 1.29 is 14.3 Å². The highest BCUT2D eigenvalue weighted by molar-refractivity contribution is 8.18. The molecule has 1 N–H and O–H groups in total. The fourth-order valence-corrected chi connectivity index (χ4v) is 4.18. The first-order valence-electron chi connectivity index (χ1n) is 8.67. The highest BCUT2D eigenvalue weighted by Gasteiger charge is 2.24. The summed E-state index contributed by atoms with van der Waals surface area (Å²) in [5.74, 6) is -0.743. The number of amides is 1.